The maximum atomic E-state index is 11.8. The van der Waals surface area contributed by atoms with Crippen LogP contribution in [0.5, 0.6) is 0 Å². The van der Waals surface area contributed by atoms with Crippen molar-refractivity contribution in [2.75, 3.05) is 6.54 Å². The highest BCUT2D eigenvalue weighted by Crippen LogP contribution is 2.13. The number of carbonyl (C=O) groups is 3. The number of nitro groups is 1. The van der Waals surface area contributed by atoms with Gasteiger partial charge in [0.15, 0.2) is 0 Å². The van der Waals surface area contributed by atoms with Gasteiger partial charge in [-0.05, 0) is 17.9 Å². The largest absolute Gasteiger partial charge is 0.480 e. The van der Waals surface area contributed by atoms with Gasteiger partial charge in [0.05, 0.1) is 17.9 Å². The molecule has 1 rings (SSSR count). The van der Waals surface area contributed by atoms with Crippen molar-refractivity contribution in [3.63, 3.8) is 0 Å². The molecule has 0 fully saturated rings. The van der Waals surface area contributed by atoms with Crippen LogP contribution in [0.15, 0.2) is 24.3 Å². The lowest BCUT2D eigenvalue weighted by molar-refractivity contribution is -0.384. The number of rotatable bonds is 9. The van der Waals surface area contributed by atoms with E-state index in [4.69, 9.17) is 5.11 Å². The van der Waals surface area contributed by atoms with Gasteiger partial charge in [-0.15, -0.1) is 0 Å². The number of nitro benzene ring substituents is 1. The Labute approximate surface area is 144 Å². The third kappa shape index (κ3) is 7.42. The van der Waals surface area contributed by atoms with Crippen LogP contribution in [0.2, 0.25) is 0 Å². The summed E-state index contributed by atoms with van der Waals surface area (Å²) < 4.78 is 0. The lowest BCUT2D eigenvalue weighted by atomic mass is 10.0. The second kappa shape index (κ2) is 9.36. The highest BCUT2D eigenvalue weighted by atomic mass is 16.6. The fraction of sp³-hybridized carbons (Fsp3) is 0.438. The Morgan fingerprint density at radius 1 is 1.24 bits per heavy atom. The number of amides is 2. The lowest BCUT2D eigenvalue weighted by Crippen LogP contribution is -2.46. The van der Waals surface area contributed by atoms with Crippen molar-refractivity contribution < 1.29 is 24.4 Å². The molecule has 1 aromatic carbocycles. The van der Waals surface area contributed by atoms with Crippen LogP contribution in [0.1, 0.15) is 25.8 Å². The molecule has 0 aliphatic heterocycles. The fourth-order valence-electron chi connectivity index (χ4n) is 2.14. The SMILES string of the molecule is CC(C)C[C@H](NC(=O)CNC(=O)Cc1cccc([N+](=O)[O-])c1)C(=O)O. The van der Waals surface area contributed by atoms with Crippen LogP contribution in [-0.4, -0.2) is 40.4 Å². The number of nitrogens with one attached hydrogen (secondary N) is 2. The molecule has 9 nitrogen and oxygen atoms in total. The standard InChI is InChI=1S/C16H21N3O6/c1-10(2)6-13(16(22)23)18-15(21)9-17-14(20)8-11-4-3-5-12(7-11)19(24)25/h3-5,7,10,13H,6,8-9H2,1-2H3,(H,17,20)(H,18,21)(H,22,23)/t13-/m0/s1. The highest BCUT2D eigenvalue weighted by Gasteiger charge is 2.21. The van der Waals surface area contributed by atoms with Crippen LogP contribution in [0.3, 0.4) is 0 Å². The van der Waals surface area contributed by atoms with E-state index >= 15 is 0 Å². The summed E-state index contributed by atoms with van der Waals surface area (Å²) in [5, 5.41) is 24.5. The Morgan fingerprint density at radius 2 is 1.92 bits per heavy atom. The lowest BCUT2D eigenvalue weighted by Gasteiger charge is -2.16. The Bertz CT molecular complexity index is 659. The summed E-state index contributed by atoms with van der Waals surface area (Å²) >= 11 is 0. The predicted octanol–water partition coefficient (Wildman–Crippen LogP) is 0.869. The molecule has 0 heterocycles. The van der Waals surface area contributed by atoms with Crippen molar-refractivity contribution in [1.82, 2.24) is 10.6 Å². The van der Waals surface area contributed by atoms with Gasteiger partial charge in [0.1, 0.15) is 6.04 Å². The first-order chi connectivity index (χ1) is 11.7. The van der Waals surface area contributed by atoms with E-state index in [2.05, 4.69) is 10.6 Å². The minimum atomic E-state index is -1.13. The number of hydrogen-bond acceptors (Lipinski definition) is 5. The van der Waals surface area contributed by atoms with Gasteiger partial charge in [0.2, 0.25) is 11.8 Å². The van der Waals surface area contributed by atoms with Crippen molar-refractivity contribution in [3.05, 3.63) is 39.9 Å². The quantitative estimate of drug-likeness (QED) is 0.446. The van der Waals surface area contributed by atoms with Crippen molar-refractivity contribution in [2.45, 2.75) is 32.7 Å². The van der Waals surface area contributed by atoms with Crippen LogP contribution in [0.4, 0.5) is 5.69 Å². The molecule has 25 heavy (non-hydrogen) atoms. The molecule has 1 aromatic rings. The van der Waals surface area contributed by atoms with E-state index in [9.17, 15) is 24.5 Å². The molecule has 9 heteroatoms. The summed E-state index contributed by atoms with van der Waals surface area (Å²) in [5.41, 5.74) is 0.316. The summed E-state index contributed by atoms with van der Waals surface area (Å²) in [6, 6.07) is 4.62. The molecule has 0 spiro atoms. The summed E-state index contributed by atoms with van der Waals surface area (Å²) in [4.78, 5) is 44.8. The van der Waals surface area contributed by atoms with Gasteiger partial charge in [0, 0.05) is 12.1 Å². The smallest absolute Gasteiger partial charge is 0.326 e. The normalized spacial score (nSPS) is 11.6. The zero-order chi connectivity index (χ0) is 19.0. The number of nitrogens with zero attached hydrogens (tertiary/aromatic N) is 1. The first-order valence-electron chi connectivity index (χ1n) is 7.71. The van der Waals surface area contributed by atoms with Gasteiger partial charge in [0.25, 0.3) is 5.69 Å². The Hall–Kier alpha value is -2.97. The van der Waals surface area contributed by atoms with Crippen LogP contribution in [-0.2, 0) is 20.8 Å². The number of aliphatic carboxylic acids is 1. The number of carbonyl (C=O) groups excluding carboxylic acids is 2. The Kier molecular flexibility index (Phi) is 7.51. The molecule has 1 atom stereocenters. The molecule has 3 N–H and O–H groups in total. The Balaban J connectivity index is 2.50. The maximum Gasteiger partial charge on any atom is 0.326 e. The maximum absolute atomic E-state index is 11.8. The van der Waals surface area contributed by atoms with Gasteiger partial charge >= 0.3 is 5.97 Å². The average molecular weight is 351 g/mol. The monoisotopic (exact) mass is 351 g/mol. The van der Waals surface area contributed by atoms with E-state index in [0.29, 0.717) is 5.56 Å². The Morgan fingerprint density at radius 3 is 2.48 bits per heavy atom. The first-order valence-corrected chi connectivity index (χ1v) is 7.71. The second-order valence-electron chi connectivity index (χ2n) is 5.97. The minimum absolute atomic E-state index is 0.0878. The molecular weight excluding hydrogens is 330 g/mol. The second-order valence-corrected chi connectivity index (χ2v) is 5.97. The molecule has 0 saturated carbocycles. The number of carboxylic acids is 1. The summed E-state index contributed by atoms with van der Waals surface area (Å²) in [7, 11) is 0. The van der Waals surface area contributed by atoms with Crippen molar-refractivity contribution >= 4 is 23.5 Å². The van der Waals surface area contributed by atoms with Gasteiger partial charge in [-0.2, -0.15) is 0 Å². The average Bonchev–Trinajstić information content (AvgIpc) is 2.52. The number of benzene rings is 1. The van der Waals surface area contributed by atoms with Gasteiger partial charge in [-0.25, -0.2) is 4.79 Å². The molecule has 136 valence electrons. The van der Waals surface area contributed by atoms with E-state index in [1.54, 1.807) is 6.07 Å². The van der Waals surface area contributed by atoms with Crippen molar-refractivity contribution in [2.24, 2.45) is 5.92 Å². The van der Waals surface area contributed by atoms with Crippen molar-refractivity contribution in [3.8, 4) is 0 Å². The molecule has 0 unspecified atom stereocenters. The third-order valence-corrected chi connectivity index (χ3v) is 3.27. The van der Waals surface area contributed by atoms with E-state index < -0.39 is 28.7 Å². The van der Waals surface area contributed by atoms with Gasteiger partial charge < -0.3 is 15.7 Å². The third-order valence-electron chi connectivity index (χ3n) is 3.27. The molecular formula is C16H21N3O6. The fourth-order valence-corrected chi connectivity index (χ4v) is 2.14. The zero-order valence-electron chi connectivity index (χ0n) is 14.0. The summed E-state index contributed by atoms with van der Waals surface area (Å²) in [5.74, 6) is -2.15. The molecule has 0 bridgehead atoms. The number of non-ortho nitro benzene ring substituents is 1. The topological polar surface area (TPSA) is 139 Å². The molecule has 2 amide bonds. The molecule has 0 saturated heterocycles. The minimum Gasteiger partial charge on any atom is -0.480 e. The number of carboxylic acid groups (broad SMARTS) is 1. The van der Waals surface area contributed by atoms with E-state index in [1.165, 1.54) is 18.2 Å². The van der Waals surface area contributed by atoms with Crippen LogP contribution in [0.25, 0.3) is 0 Å². The zero-order valence-corrected chi connectivity index (χ0v) is 14.0. The van der Waals surface area contributed by atoms with E-state index in [0.717, 1.165) is 0 Å². The number of hydrogen-bond donors (Lipinski definition) is 3. The molecule has 0 aromatic heterocycles. The van der Waals surface area contributed by atoms with Crippen LogP contribution >= 0.6 is 0 Å². The molecule has 0 aliphatic carbocycles. The summed E-state index contributed by atoms with van der Waals surface area (Å²) in [6.45, 7) is 3.31. The predicted molar refractivity (Wildman–Crippen MR) is 88.8 cm³/mol. The molecule has 0 aliphatic rings. The van der Waals surface area contributed by atoms with E-state index in [1.807, 2.05) is 13.8 Å². The highest BCUT2D eigenvalue weighted by molar-refractivity contribution is 5.88. The van der Waals surface area contributed by atoms with E-state index in [-0.39, 0.29) is 31.0 Å². The van der Waals surface area contributed by atoms with Crippen LogP contribution < -0.4 is 10.6 Å². The molecule has 0 radical (unpaired) electrons. The summed E-state index contributed by atoms with van der Waals surface area (Å²) in [6.07, 6.45) is 0.159. The van der Waals surface area contributed by atoms with Gasteiger partial charge in [-0.1, -0.05) is 26.0 Å². The van der Waals surface area contributed by atoms with Crippen LogP contribution in [0, 0.1) is 16.0 Å². The van der Waals surface area contributed by atoms with Gasteiger partial charge in [-0.3, -0.25) is 19.7 Å². The van der Waals surface area contributed by atoms with Crippen molar-refractivity contribution in [1.29, 1.82) is 0 Å². The first kappa shape index (κ1) is 20.1.